The predicted molar refractivity (Wildman–Crippen MR) is 77.6 cm³/mol. The summed E-state index contributed by atoms with van der Waals surface area (Å²) in [5, 5.41) is 0. The number of fused-ring (bicyclic) bond motifs is 1. The number of H-pyrrole nitrogens is 2. The van der Waals surface area contributed by atoms with E-state index in [1.165, 1.54) is 12.1 Å². The Morgan fingerprint density at radius 1 is 0.957 bits per heavy atom. The molecule has 0 unspecified atom stereocenters. The Morgan fingerprint density at radius 2 is 1.65 bits per heavy atom. The van der Waals surface area contributed by atoms with Gasteiger partial charge in [0.05, 0.1) is 15.9 Å². The summed E-state index contributed by atoms with van der Waals surface area (Å²) in [6.45, 7) is 0. The molecule has 0 spiro atoms. The Morgan fingerprint density at radius 3 is 2.35 bits per heavy atom. The van der Waals surface area contributed by atoms with Crippen molar-refractivity contribution in [1.82, 2.24) is 9.97 Å². The van der Waals surface area contributed by atoms with Gasteiger partial charge in [-0.15, -0.1) is 0 Å². The van der Waals surface area contributed by atoms with Crippen LogP contribution in [0.2, 0.25) is 0 Å². The van der Waals surface area contributed by atoms with Gasteiger partial charge in [-0.2, -0.15) is 13.2 Å². The van der Waals surface area contributed by atoms with E-state index < -0.39 is 25.9 Å². The van der Waals surface area contributed by atoms with Crippen LogP contribution in [0.15, 0.2) is 52.2 Å². The number of hydrogen-bond acceptors (Lipinski definition) is 3. The van der Waals surface area contributed by atoms with Gasteiger partial charge in [0.25, 0.3) is 9.84 Å². The van der Waals surface area contributed by atoms with Crippen molar-refractivity contribution in [2.45, 2.75) is 10.4 Å². The van der Waals surface area contributed by atoms with Crippen molar-refractivity contribution in [3.8, 4) is 11.1 Å². The molecule has 0 aliphatic rings. The van der Waals surface area contributed by atoms with Crippen molar-refractivity contribution in [2.24, 2.45) is 0 Å². The second kappa shape index (κ2) is 4.98. The van der Waals surface area contributed by atoms with Crippen LogP contribution >= 0.6 is 0 Å². The molecule has 23 heavy (non-hydrogen) atoms. The first-order valence-electron chi connectivity index (χ1n) is 6.33. The molecule has 2 aromatic carbocycles. The van der Waals surface area contributed by atoms with Gasteiger partial charge in [-0.25, -0.2) is 13.2 Å². The average Bonchev–Trinajstić information content (AvgIpc) is 2.86. The first-order chi connectivity index (χ1) is 10.7. The van der Waals surface area contributed by atoms with Crippen molar-refractivity contribution in [1.29, 1.82) is 0 Å². The zero-order valence-corrected chi connectivity index (χ0v) is 12.1. The summed E-state index contributed by atoms with van der Waals surface area (Å²) >= 11 is 0. The Hall–Kier alpha value is -2.55. The molecule has 3 aromatic rings. The lowest BCUT2D eigenvalue weighted by molar-refractivity contribution is -0.0435. The summed E-state index contributed by atoms with van der Waals surface area (Å²) in [6, 6.07) is 9.30. The van der Waals surface area contributed by atoms with Crippen LogP contribution in [0.4, 0.5) is 13.2 Å². The van der Waals surface area contributed by atoms with E-state index in [0.29, 0.717) is 16.6 Å². The average molecular weight is 342 g/mol. The fourth-order valence-electron chi connectivity index (χ4n) is 2.26. The number of benzene rings is 2. The minimum atomic E-state index is -5.43. The van der Waals surface area contributed by atoms with E-state index in [2.05, 4.69) is 9.97 Å². The van der Waals surface area contributed by atoms with Crippen LogP contribution in [0.5, 0.6) is 0 Å². The molecule has 0 saturated carbocycles. The Bertz CT molecular complexity index is 1050. The van der Waals surface area contributed by atoms with E-state index in [1.807, 2.05) is 0 Å². The monoisotopic (exact) mass is 342 g/mol. The molecule has 1 aromatic heterocycles. The molecule has 0 fully saturated rings. The Kier molecular flexibility index (Phi) is 3.33. The third kappa shape index (κ3) is 2.52. The van der Waals surface area contributed by atoms with Gasteiger partial charge in [0, 0.05) is 5.56 Å². The molecular formula is C14H9F3N2O3S. The normalized spacial score (nSPS) is 12.7. The fraction of sp³-hybridized carbons (Fsp3) is 0.0714. The number of halogens is 3. The molecule has 1 heterocycles. The van der Waals surface area contributed by atoms with E-state index in [1.54, 1.807) is 18.2 Å². The van der Waals surface area contributed by atoms with Crippen LogP contribution < -0.4 is 5.69 Å². The minimum Gasteiger partial charge on any atom is -0.306 e. The molecule has 0 atom stereocenters. The zero-order chi connectivity index (χ0) is 16.8. The SMILES string of the molecule is O=c1[nH]c2cccc(-c3cccc(S(=O)(=O)C(F)(F)F)c3)c2[nH]1. The third-order valence-electron chi connectivity index (χ3n) is 3.31. The number of para-hydroxylation sites is 1. The lowest BCUT2D eigenvalue weighted by Crippen LogP contribution is -2.23. The summed E-state index contributed by atoms with van der Waals surface area (Å²) in [6.07, 6.45) is 0. The Balaban J connectivity index is 2.22. The van der Waals surface area contributed by atoms with Gasteiger partial charge in [-0.1, -0.05) is 24.3 Å². The van der Waals surface area contributed by atoms with Crippen molar-refractivity contribution in [3.63, 3.8) is 0 Å². The lowest BCUT2D eigenvalue weighted by Gasteiger charge is -2.10. The van der Waals surface area contributed by atoms with Crippen molar-refractivity contribution >= 4 is 20.9 Å². The highest BCUT2D eigenvalue weighted by atomic mass is 32.2. The fourth-order valence-corrected chi connectivity index (χ4v) is 3.07. The molecule has 0 aliphatic heterocycles. The van der Waals surface area contributed by atoms with Crippen molar-refractivity contribution < 1.29 is 21.6 Å². The maximum atomic E-state index is 12.7. The molecule has 9 heteroatoms. The second-order valence-corrected chi connectivity index (χ2v) is 6.73. The van der Waals surface area contributed by atoms with Crippen LogP contribution in [-0.4, -0.2) is 23.9 Å². The first-order valence-corrected chi connectivity index (χ1v) is 7.81. The number of hydrogen-bond donors (Lipinski definition) is 2. The maximum Gasteiger partial charge on any atom is 0.501 e. The largest absolute Gasteiger partial charge is 0.501 e. The van der Waals surface area contributed by atoms with Crippen LogP contribution in [0.25, 0.3) is 22.2 Å². The van der Waals surface area contributed by atoms with Gasteiger partial charge in [0.2, 0.25) is 0 Å². The van der Waals surface area contributed by atoms with Crippen LogP contribution in [-0.2, 0) is 9.84 Å². The molecule has 2 N–H and O–H groups in total. The summed E-state index contributed by atoms with van der Waals surface area (Å²) in [5.41, 5.74) is -4.32. The number of rotatable bonds is 2. The highest BCUT2D eigenvalue weighted by molar-refractivity contribution is 7.92. The third-order valence-corrected chi connectivity index (χ3v) is 4.80. The molecule has 0 aliphatic carbocycles. The second-order valence-electron chi connectivity index (χ2n) is 4.78. The van der Waals surface area contributed by atoms with Gasteiger partial charge < -0.3 is 9.97 Å². The number of aromatic nitrogens is 2. The number of aromatic amines is 2. The van der Waals surface area contributed by atoms with Crippen molar-refractivity contribution in [3.05, 3.63) is 52.9 Å². The quantitative estimate of drug-likeness (QED) is 0.751. The lowest BCUT2D eigenvalue weighted by atomic mass is 10.0. The Labute approximate surface area is 127 Å². The van der Waals surface area contributed by atoms with E-state index in [0.717, 1.165) is 12.1 Å². The van der Waals surface area contributed by atoms with Gasteiger partial charge in [0.15, 0.2) is 0 Å². The number of alkyl halides is 3. The van der Waals surface area contributed by atoms with Crippen LogP contribution in [0.1, 0.15) is 0 Å². The highest BCUT2D eigenvalue weighted by Crippen LogP contribution is 2.33. The van der Waals surface area contributed by atoms with E-state index >= 15 is 0 Å². The predicted octanol–water partition coefficient (Wildman–Crippen LogP) is 2.82. The summed E-state index contributed by atoms with van der Waals surface area (Å²) < 4.78 is 61.0. The first kappa shape index (κ1) is 15.3. The zero-order valence-electron chi connectivity index (χ0n) is 11.3. The van der Waals surface area contributed by atoms with Crippen molar-refractivity contribution in [2.75, 3.05) is 0 Å². The van der Waals surface area contributed by atoms with Gasteiger partial charge >= 0.3 is 11.2 Å². The molecule has 0 bridgehead atoms. The number of nitrogens with one attached hydrogen (secondary N) is 2. The van der Waals surface area contributed by atoms with Crippen LogP contribution in [0.3, 0.4) is 0 Å². The minimum absolute atomic E-state index is 0.246. The molecule has 0 amide bonds. The van der Waals surface area contributed by atoms with Gasteiger partial charge in [0.1, 0.15) is 0 Å². The number of imidazole rings is 1. The smallest absolute Gasteiger partial charge is 0.306 e. The maximum absolute atomic E-state index is 12.7. The van der Waals surface area contributed by atoms with Gasteiger partial charge in [-0.05, 0) is 23.8 Å². The molecule has 0 saturated heterocycles. The molecule has 0 radical (unpaired) electrons. The standard InChI is InChI=1S/C14H9F3N2O3S/c15-14(16,17)23(21,22)9-4-1-3-8(7-9)10-5-2-6-11-12(10)19-13(20)18-11/h1-7H,(H2,18,19,20). The van der Waals surface area contributed by atoms with Gasteiger partial charge in [-0.3, -0.25) is 0 Å². The summed E-state index contributed by atoms with van der Waals surface area (Å²) in [5.74, 6) is 0. The van der Waals surface area contributed by atoms with E-state index in [-0.39, 0.29) is 5.56 Å². The summed E-state index contributed by atoms with van der Waals surface area (Å²) in [7, 11) is -5.43. The van der Waals surface area contributed by atoms with Crippen LogP contribution in [0, 0.1) is 0 Å². The topological polar surface area (TPSA) is 82.8 Å². The molecule has 3 rings (SSSR count). The summed E-state index contributed by atoms with van der Waals surface area (Å²) in [4.78, 5) is 15.6. The van der Waals surface area contributed by atoms with E-state index in [9.17, 15) is 26.4 Å². The molecule has 120 valence electrons. The number of sulfone groups is 1. The highest BCUT2D eigenvalue weighted by Gasteiger charge is 2.46. The molecular weight excluding hydrogens is 333 g/mol. The van der Waals surface area contributed by atoms with E-state index in [4.69, 9.17) is 0 Å². The molecule has 5 nitrogen and oxygen atoms in total.